The van der Waals surface area contributed by atoms with Crippen LogP contribution >= 0.6 is 0 Å². The molecule has 100 valence electrons. The molecule has 0 fully saturated rings. The molecule has 0 amide bonds. The Balaban J connectivity index is 2.35. The summed E-state index contributed by atoms with van der Waals surface area (Å²) in [6.45, 7) is 9.20. The van der Waals surface area contributed by atoms with Gasteiger partial charge in [-0.2, -0.15) is 0 Å². The van der Waals surface area contributed by atoms with Crippen molar-refractivity contribution >= 4 is 5.97 Å². The summed E-state index contributed by atoms with van der Waals surface area (Å²) in [5, 5.41) is 0. The number of benzene rings is 1. The van der Waals surface area contributed by atoms with Crippen LogP contribution in [0.2, 0.25) is 0 Å². The van der Waals surface area contributed by atoms with Gasteiger partial charge in [0.2, 0.25) is 0 Å². The van der Waals surface area contributed by atoms with Crippen molar-refractivity contribution in [2.75, 3.05) is 13.2 Å². The minimum atomic E-state index is -0.245. The molecule has 3 heteroatoms. The van der Waals surface area contributed by atoms with Crippen LogP contribution in [0.3, 0.4) is 0 Å². The molecular formula is C15H22O3. The maximum absolute atomic E-state index is 11.6. The molecule has 1 aromatic rings. The molecule has 3 nitrogen and oxygen atoms in total. The first-order valence-corrected chi connectivity index (χ1v) is 6.34. The van der Waals surface area contributed by atoms with Crippen LogP contribution in [-0.4, -0.2) is 19.2 Å². The van der Waals surface area contributed by atoms with Gasteiger partial charge in [-0.05, 0) is 31.4 Å². The van der Waals surface area contributed by atoms with Gasteiger partial charge in [0.05, 0.1) is 13.0 Å². The quantitative estimate of drug-likeness (QED) is 0.441. The Bertz CT molecular complexity index is 397. The van der Waals surface area contributed by atoms with E-state index in [2.05, 4.69) is 13.8 Å². The summed E-state index contributed by atoms with van der Waals surface area (Å²) in [6.07, 6.45) is 0.292. The molecule has 1 rings (SSSR count). The lowest BCUT2D eigenvalue weighted by Crippen LogP contribution is -2.13. The number of carbonyl (C=O) groups excluding carboxylic acids is 1. The molecule has 0 unspecified atom stereocenters. The first-order chi connectivity index (χ1) is 8.49. The van der Waals surface area contributed by atoms with E-state index in [1.807, 2.05) is 32.0 Å². The Labute approximate surface area is 109 Å². The Morgan fingerprint density at radius 3 is 2.61 bits per heavy atom. The zero-order valence-electron chi connectivity index (χ0n) is 11.7. The standard InChI is InChI=1S/C15H22O3/c1-11(2)10-17-8-7-15(16)18-14-6-5-12(3)9-13(14)4/h5-6,9,11H,7-8,10H2,1-4H3. The summed E-state index contributed by atoms with van der Waals surface area (Å²) in [5.74, 6) is 0.875. The van der Waals surface area contributed by atoms with Gasteiger partial charge in [-0.15, -0.1) is 0 Å². The van der Waals surface area contributed by atoms with Crippen molar-refractivity contribution in [3.05, 3.63) is 29.3 Å². The summed E-state index contributed by atoms with van der Waals surface area (Å²) in [4.78, 5) is 11.6. The highest BCUT2D eigenvalue weighted by molar-refractivity contribution is 5.72. The van der Waals surface area contributed by atoms with Crippen LogP contribution in [0.25, 0.3) is 0 Å². The lowest BCUT2D eigenvalue weighted by atomic mass is 10.1. The van der Waals surface area contributed by atoms with Crippen LogP contribution in [0, 0.1) is 19.8 Å². The zero-order chi connectivity index (χ0) is 13.5. The lowest BCUT2D eigenvalue weighted by Gasteiger charge is -2.09. The van der Waals surface area contributed by atoms with Crippen LogP contribution < -0.4 is 4.74 Å². The number of rotatable bonds is 6. The van der Waals surface area contributed by atoms with Gasteiger partial charge in [-0.25, -0.2) is 0 Å². The molecule has 0 aliphatic carbocycles. The van der Waals surface area contributed by atoms with Gasteiger partial charge in [-0.1, -0.05) is 31.5 Å². The van der Waals surface area contributed by atoms with Crippen molar-refractivity contribution in [1.29, 1.82) is 0 Å². The van der Waals surface area contributed by atoms with Crippen molar-refractivity contribution in [1.82, 2.24) is 0 Å². The lowest BCUT2D eigenvalue weighted by molar-refractivity contribution is -0.135. The fourth-order valence-electron chi connectivity index (χ4n) is 1.56. The fraction of sp³-hybridized carbons (Fsp3) is 0.533. The smallest absolute Gasteiger partial charge is 0.313 e. The first-order valence-electron chi connectivity index (χ1n) is 6.34. The third-order valence-corrected chi connectivity index (χ3v) is 2.46. The van der Waals surface area contributed by atoms with Crippen molar-refractivity contribution in [2.24, 2.45) is 5.92 Å². The Morgan fingerprint density at radius 1 is 1.28 bits per heavy atom. The Kier molecular flexibility index (Phi) is 5.86. The van der Waals surface area contributed by atoms with Gasteiger partial charge < -0.3 is 9.47 Å². The van der Waals surface area contributed by atoms with E-state index in [0.29, 0.717) is 31.3 Å². The van der Waals surface area contributed by atoms with Crippen LogP contribution in [-0.2, 0) is 9.53 Å². The van der Waals surface area contributed by atoms with Crippen LogP contribution in [0.1, 0.15) is 31.4 Å². The van der Waals surface area contributed by atoms with Gasteiger partial charge in [0.1, 0.15) is 5.75 Å². The SMILES string of the molecule is Cc1ccc(OC(=O)CCOCC(C)C)c(C)c1. The Hall–Kier alpha value is -1.35. The predicted octanol–water partition coefficient (Wildman–Crippen LogP) is 3.27. The van der Waals surface area contributed by atoms with E-state index >= 15 is 0 Å². The monoisotopic (exact) mass is 250 g/mol. The van der Waals surface area contributed by atoms with E-state index in [-0.39, 0.29) is 5.97 Å². The highest BCUT2D eigenvalue weighted by Crippen LogP contribution is 2.19. The largest absolute Gasteiger partial charge is 0.426 e. The highest BCUT2D eigenvalue weighted by atomic mass is 16.5. The van der Waals surface area contributed by atoms with E-state index in [4.69, 9.17) is 9.47 Å². The fourth-order valence-corrected chi connectivity index (χ4v) is 1.56. The highest BCUT2D eigenvalue weighted by Gasteiger charge is 2.07. The molecule has 0 bridgehead atoms. The van der Waals surface area contributed by atoms with E-state index in [9.17, 15) is 4.79 Å². The molecule has 0 heterocycles. The second-order valence-electron chi connectivity index (χ2n) is 4.96. The molecule has 0 spiro atoms. The average molecular weight is 250 g/mol. The minimum Gasteiger partial charge on any atom is -0.426 e. The van der Waals surface area contributed by atoms with E-state index in [1.165, 1.54) is 0 Å². The van der Waals surface area contributed by atoms with Crippen molar-refractivity contribution < 1.29 is 14.3 Å². The second kappa shape index (κ2) is 7.17. The number of aryl methyl sites for hydroxylation is 2. The Morgan fingerprint density at radius 2 is 2.00 bits per heavy atom. The number of hydrogen-bond acceptors (Lipinski definition) is 3. The van der Waals surface area contributed by atoms with Crippen LogP contribution in [0.5, 0.6) is 5.75 Å². The topological polar surface area (TPSA) is 35.5 Å². The molecule has 0 saturated carbocycles. The maximum atomic E-state index is 11.6. The van der Waals surface area contributed by atoms with Gasteiger partial charge in [-0.3, -0.25) is 4.79 Å². The third-order valence-electron chi connectivity index (χ3n) is 2.46. The predicted molar refractivity (Wildman–Crippen MR) is 71.8 cm³/mol. The van der Waals surface area contributed by atoms with Gasteiger partial charge in [0.25, 0.3) is 0 Å². The van der Waals surface area contributed by atoms with Crippen molar-refractivity contribution in [2.45, 2.75) is 34.1 Å². The number of hydrogen-bond donors (Lipinski definition) is 0. The van der Waals surface area contributed by atoms with Crippen molar-refractivity contribution in [3.8, 4) is 5.75 Å². The average Bonchev–Trinajstić information content (AvgIpc) is 2.28. The molecule has 0 aliphatic heterocycles. The summed E-state index contributed by atoms with van der Waals surface area (Å²) >= 11 is 0. The van der Waals surface area contributed by atoms with Gasteiger partial charge >= 0.3 is 5.97 Å². The molecule has 0 atom stereocenters. The van der Waals surface area contributed by atoms with E-state index in [1.54, 1.807) is 0 Å². The maximum Gasteiger partial charge on any atom is 0.313 e. The summed E-state index contributed by atoms with van der Waals surface area (Å²) in [6, 6.07) is 5.76. The molecular weight excluding hydrogens is 228 g/mol. The molecule has 0 saturated heterocycles. The van der Waals surface area contributed by atoms with Crippen LogP contribution in [0.4, 0.5) is 0 Å². The normalized spacial score (nSPS) is 10.7. The molecule has 0 N–H and O–H groups in total. The summed E-state index contributed by atoms with van der Waals surface area (Å²) < 4.78 is 10.6. The van der Waals surface area contributed by atoms with E-state index in [0.717, 1.165) is 11.1 Å². The zero-order valence-corrected chi connectivity index (χ0v) is 11.7. The summed E-state index contributed by atoms with van der Waals surface area (Å²) in [7, 11) is 0. The summed E-state index contributed by atoms with van der Waals surface area (Å²) in [5.41, 5.74) is 2.14. The number of carbonyl (C=O) groups is 1. The van der Waals surface area contributed by atoms with Crippen LogP contribution in [0.15, 0.2) is 18.2 Å². The number of ether oxygens (including phenoxy) is 2. The molecule has 0 aliphatic rings. The third kappa shape index (κ3) is 5.32. The first kappa shape index (κ1) is 14.7. The van der Waals surface area contributed by atoms with E-state index < -0.39 is 0 Å². The molecule has 0 aromatic heterocycles. The van der Waals surface area contributed by atoms with Gasteiger partial charge in [0.15, 0.2) is 0 Å². The molecule has 0 radical (unpaired) electrons. The second-order valence-corrected chi connectivity index (χ2v) is 4.96. The van der Waals surface area contributed by atoms with Gasteiger partial charge in [0, 0.05) is 6.61 Å². The molecule has 18 heavy (non-hydrogen) atoms. The molecule has 1 aromatic carbocycles. The minimum absolute atomic E-state index is 0.245. The number of esters is 1. The van der Waals surface area contributed by atoms with Crippen molar-refractivity contribution in [3.63, 3.8) is 0 Å².